The van der Waals surface area contributed by atoms with Crippen molar-refractivity contribution in [3.05, 3.63) is 60.2 Å². The van der Waals surface area contributed by atoms with Gasteiger partial charge in [0.05, 0.1) is 23.0 Å². The van der Waals surface area contributed by atoms with E-state index in [1.165, 1.54) is 0 Å². The Morgan fingerprint density at radius 3 is 2.20 bits per heavy atom. The molecule has 1 aliphatic rings. The van der Waals surface area contributed by atoms with Crippen LogP contribution in [0.3, 0.4) is 0 Å². The Balaban J connectivity index is 2.00. The summed E-state index contributed by atoms with van der Waals surface area (Å²) in [4.78, 5) is 0.533. The molecular formula is C15H14O4S. The maximum atomic E-state index is 12.5. The Kier molecular flexibility index (Phi) is 3.56. The molecule has 3 rings (SSSR count). The summed E-state index contributed by atoms with van der Waals surface area (Å²) in [7, 11) is -3.50. The van der Waals surface area contributed by atoms with Gasteiger partial charge < -0.3 is 9.47 Å². The highest BCUT2D eigenvalue weighted by Gasteiger charge is 2.22. The molecule has 0 radical (unpaired) electrons. The third kappa shape index (κ3) is 2.47. The topological polar surface area (TPSA) is 52.6 Å². The molecule has 0 saturated carbocycles. The molecule has 0 unspecified atom stereocenters. The van der Waals surface area contributed by atoms with Crippen molar-refractivity contribution in [3.8, 4) is 0 Å². The van der Waals surface area contributed by atoms with Gasteiger partial charge in [-0.15, -0.1) is 0 Å². The second-order valence-electron chi connectivity index (χ2n) is 4.46. The van der Waals surface area contributed by atoms with Crippen LogP contribution in [0, 0.1) is 0 Å². The van der Waals surface area contributed by atoms with Crippen LogP contribution in [0.15, 0.2) is 64.4 Å². The van der Waals surface area contributed by atoms with Crippen molar-refractivity contribution in [1.82, 2.24) is 0 Å². The smallest absolute Gasteiger partial charge is 0.206 e. The molecule has 1 saturated heterocycles. The van der Waals surface area contributed by atoms with E-state index in [2.05, 4.69) is 0 Å². The predicted molar refractivity (Wildman–Crippen MR) is 73.0 cm³/mol. The van der Waals surface area contributed by atoms with Gasteiger partial charge in [-0.25, -0.2) is 8.42 Å². The largest absolute Gasteiger partial charge is 0.346 e. The van der Waals surface area contributed by atoms with Gasteiger partial charge in [0.2, 0.25) is 9.84 Å². The van der Waals surface area contributed by atoms with E-state index in [1.807, 2.05) is 0 Å². The zero-order valence-electron chi connectivity index (χ0n) is 10.7. The lowest BCUT2D eigenvalue weighted by Gasteiger charge is -2.11. The minimum atomic E-state index is -3.50. The van der Waals surface area contributed by atoms with Gasteiger partial charge >= 0.3 is 0 Å². The molecule has 1 heterocycles. The summed E-state index contributed by atoms with van der Waals surface area (Å²) in [5.74, 6) is 0. The number of rotatable bonds is 3. The van der Waals surface area contributed by atoms with Crippen LogP contribution >= 0.6 is 0 Å². The Morgan fingerprint density at radius 2 is 1.50 bits per heavy atom. The lowest BCUT2D eigenvalue weighted by molar-refractivity contribution is -0.0442. The van der Waals surface area contributed by atoms with E-state index >= 15 is 0 Å². The van der Waals surface area contributed by atoms with E-state index in [0.29, 0.717) is 13.2 Å². The zero-order chi connectivity index (χ0) is 14.0. The van der Waals surface area contributed by atoms with Crippen LogP contribution in [0.4, 0.5) is 0 Å². The van der Waals surface area contributed by atoms with Crippen molar-refractivity contribution in [3.63, 3.8) is 0 Å². The van der Waals surface area contributed by atoms with E-state index in [0.717, 1.165) is 5.56 Å². The van der Waals surface area contributed by atoms with Crippen molar-refractivity contribution < 1.29 is 17.9 Å². The van der Waals surface area contributed by atoms with Crippen molar-refractivity contribution in [2.75, 3.05) is 13.2 Å². The molecule has 5 heteroatoms. The van der Waals surface area contributed by atoms with Crippen LogP contribution in [0.5, 0.6) is 0 Å². The lowest BCUT2D eigenvalue weighted by atomic mass is 10.2. The fraction of sp³-hybridized carbons (Fsp3) is 0.200. The highest BCUT2D eigenvalue weighted by molar-refractivity contribution is 7.91. The van der Waals surface area contributed by atoms with E-state index in [1.54, 1.807) is 54.6 Å². The highest BCUT2D eigenvalue weighted by Crippen LogP contribution is 2.27. The second kappa shape index (κ2) is 5.36. The van der Waals surface area contributed by atoms with Gasteiger partial charge in [-0.1, -0.05) is 30.3 Å². The van der Waals surface area contributed by atoms with Gasteiger partial charge in [-0.05, 0) is 24.3 Å². The summed E-state index contributed by atoms with van der Waals surface area (Å²) in [6.07, 6.45) is -0.471. The van der Waals surface area contributed by atoms with Gasteiger partial charge in [0.25, 0.3) is 0 Å². The van der Waals surface area contributed by atoms with Gasteiger partial charge in [-0.2, -0.15) is 0 Å². The molecule has 0 amide bonds. The molecule has 0 N–H and O–H groups in total. The average molecular weight is 290 g/mol. The normalized spacial score (nSPS) is 16.4. The second-order valence-corrected chi connectivity index (χ2v) is 6.41. The minimum Gasteiger partial charge on any atom is -0.346 e. The van der Waals surface area contributed by atoms with E-state index in [4.69, 9.17) is 9.47 Å². The maximum Gasteiger partial charge on any atom is 0.206 e. The summed E-state index contributed by atoms with van der Waals surface area (Å²) in [6.45, 7) is 1.06. The Hall–Kier alpha value is -1.69. The molecule has 1 fully saturated rings. The monoisotopic (exact) mass is 290 g/mol. The number of hydrogen-bond acceptors (Lipinski definition) is 4. The van der Waals surface area contributed by atoms with Crippen LogP contribution < -0.4 is 0 Å². The zero-order valence-corrected chi connectivity index (χ0v) is 11.5. The Labute approximate surface area is 117 Å². The predicted octanol–water partition coefficient (Wildman–Crippen LogP) is 2.56. The first-order valence-corrected chi connectivity index (χ1v) is 7.79. The molecule has 0 aromatic heterocycles. The molecule has 0 spiro atoms. The number of hydrogen-bond donors (Lipinski definition) is 0. The summed E-state index contributed by atoms with van der Waals surface area (Å²) >= 11 is 0. The highest BCUT2D eigenvalue weighted by atomic mass is 32.2. The van der Waals surface area contributed by atoms with E-state index in [-0.39, 0.29) is 9.79 Å². The number of benzene rings is 2. The SMILES string of the molecule is O=S(=O)(c1ccccc1)c1cccc(C2OCCO2)c1. The molecule has 0 aliphatic carbocycles. The minimum absolute atomic E-state index is 0.250. The van der Waals surface area contributed by atoms with Gasteiger partial charge in [-0.3, -0.25) is 0 Å². The number of sulfone groups is 1. The maximum absolute atomic E-state index is 12.5. The quantitative estimate of drug-likeness (QED) is 0.872. The molecule has 20 heavy (non-hydrogen) atoms. The molecule has 0 bridgehead atoms. The van der Waals surface area contributed by atoms with Crippen LogP contribution in [-0.4, -0.2) is 21.6 Å². The van der Waals surface area contributed by atoms with Crippen molar-refractivity contribution in [2.24, 2.45) is 0 Å². The molecule has 1 aliphatic heterocycles. The molecular weight excluding hydrogens is 276 g/mol. The van der Waals surface area contributed by atoms with Gasteiger partial charge in [0.1, 0.15) is 0 Å². The van der Waals surface area contributed by atoms with Gasteiger partial charge in [0, 0.05) is 5.56 Å². The van der Waals surface area contributed by atoms with Crippen LogP contribution in [0.1, 0.15) is 11.9 Å². The average Bonchev–Trinajstić information content (AvgIpc) is 3.03. The third-order valence-electron chi connectivity index (χ3n) is 3.12. The fourth-order valence-corrected chi connectivity index (χ4v) is 3.45. The van der Waals surface area contributed by atoms with E-state index in [9.17, 15) is 8.42 Å². The first kappa shape index (κ1) is 13.3. The molecule has 2 aromatic rings. The van der Waals surface area contributed by atoms with Crippen LogP contribution in [0.25, 0.3) is 0 Å². The first-order chi connectivity index (χ1) is 9.68. The molecule has 2 aromatic carbocycles. The third-order valence-corrected chi connectivity index (χ3v) is 4.88. The first-order valence-electron chi connectivity index (χ1n) is 6.31. The standard InChI is InChI=1S/C15H14O4S/c16-20(17,13-6-2-1-3-7-13)14-8-4-5-12(11-14)15-18-9-10-19-15/h1-8,11,15H,9-10H2. The van der Waals surface area contributed by atoms with Crippen LogP contribution in [-0.2, 0) is 19.3 Å². The summed E-state index contributed by atoms with van der Waals surface area (Å²) < 4.78 is 35.8. The Morgan fingerprint density at radius 1 is 0.850 bits per heavy atom. The Bertz CT molecular complexity index is 689. The number of ether oxygens (including phenoxy) is 2. The van der Waals surface area contributed by atoms with Crippen molar-refractivity contribution >= 4 is 9.84 Å². The van der Waals surface area contributed by atoms with Crippen molar-refractivity contribution in [2.45, 2.75) is 16.1 Å². The van der Waals surface area contributed by atoms with E-state index < -0.39 is 16.1 Å². The fourth-order valence-electron chi connectivity index (χ4n) is 2.11. The summed E-state index contributed by atoms with van der Waals surface area (Å²) in [6, 6.07) is 15.1. The van der Waals surface area contributed by atoms with Crippen LogP contribution in [0.2, 0.25) is 0 Å². The van der Waals surface area contributed by atoms with Gasteiger partial charge in [0.15, 0.2) is 6.29 Å². The summed E-state index contributed by atoms with van der Waals surface area (Å²) in [5, 5.41) is 0. The molecule has 104 valence electrons. The summed E-state index contributed by atoms with van der Waals surface area (Å²) in [5.41, 5.74) is 0.722. The lowest BCUT2D eigenvalue weighted by Crippen LogP contribution is -2.04. The molecule has 0 atom stereocenters. The molecule has 4 nitrogen and oxygen atoms in total. The van der Waals surface area contributed by atoms with Crippen molar-refractivity contribution in [1.29, 1.82) is 0 Å².